The summed E-state index contributed by atoms with van der Waals surface area (Å²) in [6, 6.07) is 17.6. The molecule has 1 aromatic heterocycles. The summed E-state index contributed by atoms with van der Waals surface area (Å²) in [6.45, 7) is 0.443. The fourth-order valence-corrected chi connectivity index (χ4v) is 2.94. The Kier molecular flexibility index (Phi) is 7.20. The Bertz CT molecular complexity index is 819. The number of nitrogens with zero attached hydrogens (tertiary/aromatic N) is 2. The number of methoxy groups -OCH3 is 1. The average Bonchev–Trinajstić information content (AvgIpc) is 3.10. The lowest BCUT2D eigenvalue weighted by Crippen LogP contribution is -2.22. The molecule has 0 saturated carbocycles. The molecular weight excluding hydrogens is 447 g/mol. The number of anilines is 1. The second kappa shape index (κ2) is 9.38. The summed E-state index contributed by atoms with van der Waals surface area (Å²) < 4.78 is 5.17. The summed E-state index contributed by atoms with van der Waals surface area (Å²) in [7, 11) is 1.66. The molecule has 0 fully saturated rings. The Labute approximate surface area is 168 Å². The summed E-state index contributed by atoms with van der Waals surface area (Å²) >= 11 is 1.59. The van der Waals surface area contributed by atoms with Crippen molar-refractivity contribution in [2.75, 3.05) is 12.4 Å². The zero-order chi connectivity index (χ0) is 16.8. The number of hydrogen-bond acceptors (Lipinski definition) is 4. The van der Waals surface area contributed by atoms with Crippen molar-refractivity contribution in [3.63, 3.8) is 0 Å². The van der Waals surface area contributed by atoms with Gasteiger partial charge in [-0.05, 0) is 36.4 Å². The predicted octanol–water partition coefficient (Wildman–Crippen LogP) is 4.36. The number of ether oxygens (including phenoxy) is 1. The Morgan fingerprint density at radius 3 is 2.56 bits per heavy atom. The number of aliphatic imine (C=N–C) groups is 1. The van der Waals surface area contributed by atoms with Gasteiger partial charge in [-0.3, -0.25) is 0 Å². The van der Waals surface area contributed by atoms with Crippen LogP contribution >= 0.6 is 35.3 Å². The molecule has 0 saturated heterocycles. The third-order valence-electron chi connectivity index (χ3n) is 3.35. The fraction of sp³-hybridized carbons (Fsp3) is 0.111. The van der Waals surface area contributed by atoms with Crippen LogP contribution in [0.1, 0.15) is 5.69 Å². The van der Waals surface area contributed by atoms with Crippen LogP contribution in [0.3, 0.4) is 0 Å². The topological polar surface area (TPSA) is 72.5 Å². The summed E-state index contributed by atoms with van der Waals surface area (Å²) in [5.41, 5.74) is 8.77. The van der Waals surface area contributed by atoms with Gasteiger partial charge in [0.25, 0.3) is 0 Å². The minimum absolute atomic E-state index is 0. The van der Waals surface area contributed by atoms with Crippen molar-refractivity contribution < 1.29 is 4.74 Å². The zero-order valence-electron chi connectivity index (χ0n) is 13.7. The van der Waals surface area contributed by atoms with Crippen LogP contribution in [-0.2, 0) is 6.54 Å². The van der Waals surface area contributed by atoms with Crippen LogP contribution < -0.4 is 15.8 Å². The van der Waals surface area contributed by atoms with Crippen molar-refractivity contribution in [2.45, 2.75) is 6.54 Å². The lowest BCUT2D eigenvalue weighted by Gasteiger charge is -2.04. The lowest BCUT2D eigenvalue weighted by atomic mass is 10.2. The van der Waals surface area contributed by atoms with Gasteiger partial charge in [0.15, 0.2) is 5.96 Å². The number of aromatic nitrogens is 1. The van der Waals surface area contributed by atoms with Crippen LogP contribution in [0.4, 0.5) is 5.69 Å². The molecule has 2 aromatic carbocycles. The second-order valence-corrected chi connectivity index (χ2v) is 5.92. The van der Waals surface area contributed by atoms with E-state index in [9.17, 15) is 0 Å². The molecule has 0 amide bonds. The van der Waals surface area contributed by atoms with E-state index in [0.29, 0.717) is 12.5 Å². The standard InChI is InChI=1S/C18H18N4OS.HI/c1-23-16-9-7-13(8-10-16)17-21-15(12-24-17)11-20-18(19)22-14-5-3-2-4-6-14;/h2-10,12H,11H2,1H3,(H3,19,20,22);1H. The van der Waals surface area contributed by atoms with E-state index in [1.54, 1.807) is 18.4 Å². The summed E-state index contributed by atoms with van der Waals surface area (Å²) in [4.78, 5) is 8.93. The van der Waals surface area contributed by atoms with E-state index in [4.69, 9.17) is 10.5 Å². The maximum Gasteiger partial charge on any atom is 0.193 e. The molecular formula is C18H19IN4OS. The number of hydrogen-bond donors (Lipinski definition) is 2. The van der Waals surface area contributed by atoms with Gasteiger partial charge in [0, 0.05) is 16.6 Å². The molecule has 0 atom stereocenters. The van der Waals surface area contributed by atoms with Crippen molar-refractivity contribution in [3.05, 3.63) is 65.7 Å². The highest BCUT2D eigenvalue weighted by atomic mass is 127. The molecule has 0 aliphatic rings. The molecule has 0 bridgehead atoms. The van der Waals surface area contributed by atoms with Gasteiger partial charge in [0.2, 0.25) is 0 Å². The molecule has 0 aliphatic heterocycles. The van der Waals surface area contributed by atoms with Gasteiger partial charge < -0.3 is 15.8 Å². The smallest absolute Gasteiger partial charge is 0.193 e. The van der Waals surface area contributed by atoms with Gasteiger partial charge in [-0.1, -0.05) is 18.2 Å². The number of nitrogens with two attached hydrogens (primary N) is 1. The number of benzene rings is 2. The number of rotatable bonds is 5. The van der Waals surface area contributed by atoms with E-state index in [1.165, 1.54) is 0 Å². The first-order valence-corrected chi connectivity index (χ1v) is 8.33. The molecule has 5 nitrogen and oxygen atoms in total. The third-order valence-corrected chi connectivity index (χ3v) is 4.29. The Morgan fingerprint density at radius 1 is 1.16 bits per heavy atom. The molecule has 1 heterocycles. The quantitative estimate of drug-likeness (QED) is 0.333. The van der Waals surface area contributed by atoms with Crippen LogP contribution in [0.2, 0.25) is 0 Å². The highest BCUT2D eigenvalue weighted by Gasteiger charge is 2.05. The molecule has 0 aliphatic carbocycles. The maximum atomic E-state index is 5.90. The first-order valence-electron chi connectivity index (χ1n) is 7.45. The second-order valence-electron chi connectivity index (χ2n) is 5.06. The number of nitrogens with one attached hydrogen (secondary N) is 1. The third kappa shape index (κ3) is 5.43. The van der Waals surface area contributed by atoms with Gasteiger partial charge in [-0.15, -0.1) is 35.3 Å². The molecule has 3 rings (SSSR count). The van der Waals surface area contributed by atoms with Crippen molar-refractivity contribution in [2.24, 2.45) is 10.7 Å². The Morgan fingerprint density at radius 2 is 1.88 bits per heavy atom. The van der Waals surface area contributed by atoms with Crippen LogP contribution in [0, 0.1) is 0 Å². The average molecular weight is 466 g/mol. The van der Waals surface area contributed by atoms with Gasteiger partial charge in [0.05, 0.1) is 19.3 Å². The SMILES string of the molecule is COc1ccc(-c2nc(CN=C(N)Nc3ccccc3)cs2)cc1.I. The minimum atomic E-state index is 0. The first kappa shape index (κ1) is 19.2. The normalized spacial score (nSPS) is 10.8. The molecule has 0 radical (unpaired) electrons. The zero-order valence-corrected chi connectivity index (χ0v) is 16.8. The lowest BCUT2D eigenvalue weighted by molar-refractivity contribution is 0.415. The molecule has 130 valence electrons. The number of guanidine groups is 1. The van der Waals surface area contributed by atoms with E-state index in [-0.39, 0.29) is 24.0 Å². The van der Waals surface area contributed by atoms with Crippen molar-refractivity contribution in [1.29, 1.82) is 0 Å². The molecule has 25 heavy (non-hydrogen) atoms. The number of thiazole rings is 1. The van der Waals surface area contributed by atoms with Gasteiger partial charge in [0.1, 0.15) is 10.8 Å². The van der Waals surface area contributed by atoms with Gasteiger partial charge in [-0.25, -0.2) is 9.98 Å². The van der Waals surface area contributed by atoms with E-state index < -0.39 is 0 Å². The highest BCUT2D eigenvalue weighted by molar-refractivity contribution is 14.0. The van der Waals surface area contributed by atoms with E-state index in [0.717, 1.165) is 27.7 Å². The van der Waals surface area contributed by atoms with Crippen LogP contribution in [0.5, 0.6) is 5.75 Å². The van der Waals surface area contributed by atoms with Gasteiger partial charge in [-0.2, -0.15) is 0 Å². The Balaban J connectivity index is 0.00000225. The van der Waals surface area contributed by atoms with E-state index in [1.807, 2.05) is 60.0 Å². The summed E-state index contributed by atoms with van der Waals surface area (Å²) in [5.74, 6) is 1.21. The summed E-state index contributed by atoms with van der Waals surface area (Å²) in [5, 5.41) is 6.01. The van der Waals surface area contributed by atoms with E-state index in [2.05, 4.69) is 15.3 Å². The van der Waals surface area contributed by atoms with E-state index >= 15 is 0 Å². The van der Waals surface area contributed by atoms with Crippen molar-refractivity contribution >= 4 is 47.0 Å². The first-order chi connectivity index (χ1) is 11.7. The molecule has 7 heteroatoms. The summed E-state index contributed by atoms with van der Waals surface area (Å²) in [6.07, 6.45) is 0. The van der Waals surface area contributed by atoms with Gasteiger partial charge >= 0.3 is 0 Å². The van der Waals surface area contributed by atoms with Crippen LogP contribution in [0.25, 0.3) is 10.6 Å². The minimum Gasteiger partial charge on any atom is -0.497 e. The number of para-hydroxylation sites is 1. The van der Waals surface area contributed by atoms with Crippen LogP contribution in [-0.4, -0.2) is 18.1 Å². The Hall–Kier alpha value is -2.13. The molecule has 0 unspecified atom stereocenters. The monoisotopic (exact) mass is 466 g/mol. The fourth-order valence-electron chi connectivity index (χ4n) is 2.12. The molecule has 3 N–H and O–H groups in total. The van der Waals surface area contributed by atoms with Crippen LogP contribution in [0.15, 0.2) is 65.0 Å². The number of halogens is 1. The highest BCUT2D eigenvalue weighted by Crippen LogP contribution is 2.25. The molecule has 3 aromatic rings. The van der Waals surface area contributed by atoms with Crippen molar-refractivity contribution in [3.8, 4) is 16.3 Å². The maximum absolute atomic E-state index is 5.90. The van der Waals surface area contributed by atoms with Crippen molar-refractivity contribution in [1.82, 2.24) is 4.98 Å². The molecule has 0 spiro atoms. The predicted molar refractivity (Wildman–Crippen MR) is 115 cm³/mol. The largest absolute Gasteiger partial charge is 0.497 e.